The number of aromatic nitrogens is 2. The average Bonchev–Trinajstić information content (AvgIpc) is 3.28. The number of benzene rings is 5. The lowest BCUT2D eigenvalue weighted by Gasteiger charge is -2.44. The molecule has 344 valence electrons. The molecule has 65 heavy (non-hydrogen) atoms. The molecule has 0 bridgehead atoms. The minimum Gasteiger partial charge on any atom is -0.244 e. The van der Waals surface area contributed by atoms with Gasteiger partial charge in [0.25, 0.3) is 0 Å². The van der Waals surface area contributed by atoms with Crippen molar-refractivity contribution in [1.29, 1.82) is 0 Å². The summed E-state index contributed by atoms with van der Waals surface area (Å²) < 4.78 is 296. The molecule has 0 saturated carbocycles. The second-order valence-electron chi connectivity index (χ2n) is 13.8. The predicted molar refractivity (Wildman–Crippen MR) is 196 cm³/mol. The molecule has 1 aromatic heterocycles. The molecule has 0 fully saturated rings. The Kier molecular flexibility index (Phi) is 15.0. The number of hydrogen-bond donors (Lipinski definition) is 1. The maximum atomic E-state index is 15.4. The lowest BCUT2D eigenvalue weighted by Crippen LogP contribution is -2.81. The van der Waals surface area contributed by atoms with Gasteiger partial charge in [0.2, 0.25) is 0 Å². The molecular weight excluding hydrogens is 943 g/mol. The number of thiol groups is 1. The van der Waals surface area contributed by atoms with Gasteiger partial charge in [0, 0.05) is 5.56 Å². The molecule has 6 aromatic rings. The van der Waals surface area contributed by atoms with E-state index in [2.05, 4.69) is 71.7 Å². The Balaban J connectivity index is 0.000000330. The first-order chi connectivity index (χ1) is 30.4. The summed E-state index contributed by atoms with van der Waals surface area (Å²) in [6.45, 7) is 2.99. The number of allylic oxidation sites excluding steroid dienone is 1. The highest BCUT2D eigenvalue weighted by molar-refractivity contribution is 7.80. The molecule has 1 heterocycles. The summed E-state index contributed by atoms with van der Waals surface area (Å²) in [5.41, 5.74) is -12.0. The van der Waals surface area contributed by atoms with Crippen LogP contribution in [0.25, 0.3) is 6.08 Å². The summed E-state index contributed by atoms with van der Waals surface area (Å²) in [5, 5.41) is 0.450. The van der Waals surface area contributed by atoms with Crippen LogP contribution in [0.3, 0.4) is 0 Å². The normalized spacial score (nSPS) is 12.2. The molecule has 0 aliphatic heterocycles. The van der Waals surface area contributed by atoms with Crippen molar-refractivity contribution >= 4 is 46.7 Å². The Hall–Kier alpha value is -6.07. The van der Waals surface area contributed by atoms with Crippen LogP contribution < -0.4 is 26.4 Å². The van der Waals surface area contributed by atoms with Crippen LogP contribution in [0.5, 0.6) is 0 Å². The zero-order chi connectivity index (χ0) is 48.6. The number of rotatable bonds is 10. The monoisotopic (exact) mass is 964 g/mol. The molecule has 0 spiro atoms. The molecule has 1 atom stereocenters. The second-order valence-corrected chi connectivity index (χ2v) is 14.6. The third-order valence-electron chi connectivity index (χ3n) is 9.73. The Labute approximate surface area is 357 Å². The van der Waals surface area contributed by atoms with E-state index in [1.54, 1.807) is 0 Å². The van der Waals surface area contributed by atoms with Crippen molar-refractivity contribution in [3.05, 3.63) is 183 Å². The zero-order valence-corrected chi connectivity index (χ0v) is 32.8. The van der Waals surface area contributed by atoms with Crippen LogP contribution in [-0.2, 0) is 6.54 Å². The first-order valence-corrected chi connectivity index (χ1v) is 18.4. The maximum Gasteiger partial charge on any atom is 0.200 e. The van der Waals surface area contributed by atoms with Gasteiger partial charge in [-0.1, -0.05) is 43.3 Å². The summed E-state index contributed by atoms with van der Waals surface area (Å²) in [6, 6.07) is 10.4. The molecule has 0 amide bonds. The fraction of sp³-hybridized carbons (Fsp3) is 0.122. The van der Waals surface area contributed by atoms with E-state index in [0.29, 0.717) is 5.25 Å². The average molecular weight is 964 g/mol. The lowest BCUT2D eigenvalue weighted by molar-refractivity contribution is -0.689. The fourth-order valence-electron chi connectivity index (χ4n) is 6.85. The van der Waals surface area contributed by atoms with Gasteiger partial charge in [-0.05, 0) is 24.2 Å². The predicted octanol–water partition coefficient (Wildman–Crippen LogP) is 9.38. The van der Waals surface area contributed by atoms with Gasteiger partial charge in [-0.3, -0.25) is 0 Å². The Morgan fingerprint density at radius 1 is 0.492 bits per heavy atom. The van der Waals surface area contributed by atoms with E-state index >= 15 is 35.1 Å². The number of halogens is 20. The van der Waals surface area contributed by atoms with E-state index < -0.39 is 144 Å². The Morgan fingerprint density at radius 2 is 0.800 bits per heavy atom. The summed E-state index contributed by atoms with van der Waals surface area (Å²) in [5.74, 6) is -71.4. The van der Waals surface area contributed by atoms with Crippen molar-refractivity contribution in [1.82, 2.24) is 4.98 Å². The molecule has 5 aromatic carbocycles. The summed E-state index contributed by atoms with van der Waals surface area (Å²) in [7, 11) is 0. The van der Waals surface area contributed by atoms with Crippen molar-refractivity contribution in [3.8, 4) is 0 Å². The number of hydrogen-bond acceptors (Lipinski definition) is 2. The van der Waals surface area contributed by atoms with Gasteiger partial charge in [0.1, 0.15) is 58.4 Å². The van der Waals surface area contributed by atoms with Gasteiger partial charge in [-0.25, -0.2) is 92.8 Å². The first-order valence-electron chi connectivity index (χ1n) is 17.9. The summed E-state index contributed by atoms with van der Waals surface area (Å²) in [6.07, 6.45) is 5.10. The van der Waals surface area contributed by atoms with E-state index in [1.807, 2.05) is 18.5 Å². The smallest absolute Gasteiger partial charge is 0.200 e. The van der Waals surface area contributed by atoms with Crippen LogP contribution in [0.1, 0.15) is 31.0 Å². The second kappa shape index (κ2) is 19.6. The third-order valence-corrected chi connectivity index (χ3v) is 9.99. The summed E-state index contributed by atoms with van der Waals surface area (Å²) >= 11 is 4.38. The molecular formula is C41H21BF20N2S. The van der Waals surface area contributed by atoms with E-state index in [1.165, 1.54) is 5.56 Å². The van der Waals surface area contributed by atoms with Crippen molar-refractivity contribution in [3.63, 3.8) is 0 Å². The Bertz CT molecular complexity index is 2460. The van der Waals surface area contributed by atoms with E-state index in [9.17, 15) is 52.7 Å². The summed E-state index contributed by atoms with van der Waals surface area (Å²) in [4.78, 5) is 4.37. The molecule has 0 saturated heterocycles. The van der Waals surface area contributed by atoms with Gasteiger partial charge in [-0.15, -0.1) is 21.9 Å². The topological polar surface area (TPSA) is 16.8 Å². The van der Waals surface area contributed by atoms with Crippen molar-refractivity contribution in [2.24, 2.45) is 0 Å². The molecule has 0 aliphatic rings. The van der Waals surface area contributed by atoms with Crippen LogP contribution in [0.4, 0.5) is 87.8 Å². The molecule has 0 aliphatic carbocycles. The zero-order valence-electron chi connectivity index (χ0n) is 32.0. The lowest BCUT2D eigenvalue weighted by atomic mass is 9.12. The minimum absolute atomic E-state index is 0.450. The van der Waals surface area contributed by atoms with E-state index in [0.717, 1.165) is 25.1 Å². The fourth-order valence-corrected chi connectivity index (χ4v) is 6.99. The molecule has 2 nitrogen and oxygen atoms in total. The maximum absolute atomic E-state index is 15.4. The van der Waals surface area contributed by atoms with Crippen molar-refractivity contribution in [2.45, 2.75) is 31.6 Å². The van der Waals surface area contributed by atoms with Crippen LogP contribution in [0.15, 0.2) is 55.0 Å². The van der Waals surface area contributed by atoms with Crippen molar-refractivity contribution in [2.75, 3.05) is 0 Å². The quantitative estimate of drug-likeness (QED) is 0.0362. The minimum atomic E-state index is -7.22. The highest BCUT2D eigenvalue weighted by Crippen LogP contribution is 2.31. The number of nitrogens with zero attached hydrogens (tertiary/aromatic N) is 2. The molecule has 24 heteroatoms. The van der Waals surface area contributed by atoms with Crippen LogP contribution in [0.2, 0.25) is 0 Å². The molecule has 0 N–H and O–H groups in total. The van der Waals surface area contributed by atoms with Crippen LogP contribution in [0, 0.1) is 116 Å². The molecule has 1 unspecified atom stereocenters. The van der Waals surface area contributed by atoms with E-state index in [4.69, 9.17) is 0 Å². The van der Waals surface area contributed by atoms with Gasteiger partial charge < -0.3 is 0 Å². The highest BCUT2D eigenvalue weighted by atomic mass is 32.1. The van der Waals surface area contributed by atoms with Gasteiger partial charge in [0.05, 0.1) is 6.20 Å². The first kappa shape index (κ1) is 49.9. The van der Waals surface area contributed by atoms with E-state index in [-0.39, 0.29) is 0 Å². The highest BCUT2D eigenvalue weighted by Gasteiger charge is 2.52. The standard InChI is InChI=1S/C24BF20.C17H20N2S/c26-5-1(6(27)14(35)21(42)13(5)34)25(2-7(28)15(36)22(43)16(37)8(2)29,3-9(30)17(38)23(44)18(39)10(3)31)4-11(32)19(40)24(45)20(41)12(4)33;1-15(20)7-5-6-10-17-14-19(12-11-18-17)13-16-8-3-2-4-9-16/h;2-4,6,8-12,14-15H,5,7,13H2,1H3/q-1;/p+1. The van der Waals surface area contributed by atoms with Gasteiger partial charge in [0.15, 0.2) is 88.7 Å². The molecule has 6 rings (SSSR count). The van der Waals surface area contributed by atoms with Crippen LogP contribution >= 0.6 is 12.6 Å². The molecule has 0 radical (unpaired) electrons. The van der Waals surface area contributed by atoms with Gasteiger partial charge >= 0.3 is 0 Å². The SMILES string of the molecule is CC(S)CCC=Cc1c[n+](Cc2ccccc2)ccn1.Fc1c(F)c(F)c([B-](c2c(F)c(F)c(F)c(F)c2F)(c2c(F)c(F)c(F)c(F)c2F)c2c(F)c(F)c(F)c(F)c2F)c(F)c1F. The van der Waals surface area contributed by atoms with Crippen molar-refractivity contribution < 1.29 is 92.4 Å². The largest absolute Gasteiger partial charge is 0.244 e. The Morgan fingerprint density at radius 3 is 1.11 bits per heavy atom. The van der Waals surface area contributed by atoms with Gasteiger partial charge in [-0.2, -0.15) is 17.2 Å². The third kappa shape index (κ3) is 8.87. The van der Waals surface area contributed by atoms with Crippen LogP contribution in [-0.4, -0.2) is 16.4 Å².